The lowest BCUT2D eigenvalue weighted by atomic mass is 10.1. The van der Waals surface area contributed by atoms with E-state index in [2.05, 4.69) is 35.8 Å². The maximum atomic E-state index is 12.9. The van der Waals surface area contributed by atoms with Gasteiger partial charge in [0.05, 0.1) is 22.3 Å². The number of aromatic amines is 1. The van der Waals surface area contributed by atoms with E-state index in [9.17, 15) is 4.79 Å². The van der Waals surface area contributed by atoms with Crippen LogP contribution < -0.4 is 15.6 Å². The van der Waals surface area contributed by atoms with Gasteiger partial charge in [0.15, 0.2) is 16.8 Å². The molecule has 0 amide bonds. The van der Waals surface area contributed by atoms with Crippen molar-refractivity contribution in [3.8, 4) is 11.6 Å². The summed E-state index contributed by atoms with van der Waals surface area (Å²) in [4.78, 5) is 24.5. The molecule has 0 radical (unpaired) electrons. The van der Waals surface area contributed by atoms with Crippen LogP contribution in [0.5, 0.6) is 5.75 Å². The number of fused-ring (bicyclic) bond motifs is 1. The number of hydrogen-bond donors (Lipinski definition) is 2. The number of hydrogen-bond acceptors (Lipinski definition) is 9. The molecular formula is C22H19ClN8O2S. The molecule has 10 nitrogen and oxygen atoms in total. The molecule has 1 aromatic carbocycles. The van der Waals surface area contributed by atoms with Crippen LogP contribution in [0.4, 0.5) is 5.13 Å². The van der Waals surface area contributed by atoms with Gasteiger partial charge in [-0.2, -0.15) is 4.68 Å². The van der Waals surface area contributed by atoms with Crippen molar-refractivity contribution in [1.82, 2.24) is 35.2 Å². The lowest BCUT2D eigenvalue weighted by molar-refractivity contribution is 0.302. The molecule has 4 heterocycles. The summed E-state index contributed by atoms with van der Waals surface area (Å²) in [5.74, 6) is 1.72. The lowest BCUT2D eigenvalue weighted by Crippen LogP contribution is -2.19. The Kier molecular flexibility index (Phi) is 5.95. The number of halogens is 1. The standard InChI is InChI=1S/C22H19ClN8O2S/c1-12(25-22-27-20(11-34-22)31-13(2)28-29-30-31)16-7-14-8-17(23)19(9-18(14)26-21(16)32)33-10-15-5-3-4-6-24-15/h3-9,11-12H,10H2,1-2H3,(H,25,27)(H,26,32)/t12-/m0/s1. The fourth-order valence-electron chi connectivity index (χ4n) is 3.43. The number of pyridine rings is 2. The minimum Gasteiger partial charge on any atom is -0.486 e. The second kappa shape index (κ2) is 9.20. The van der Waals surface area contributed by atoms with Crippen LogP contribution >= 0.6 is 22.9 Å². The van der Waals surface area contributed by atoms with Crippen molar-refractivity contribution in [3.05, 3.63) is 80.4 Å². The van der Waals surface area contributed by atoms with E-state index in [-0.39, 0.29) is 18.2 Å². The number of ether oxygens (including phenoxy) is 1. The van der Waals surface area contributed by atoms with E-state index in [4.69, 9.17) is 16.3 Å². The molecule has 1 atom stereocenters. The average Bonchev–Trinajstić information content (AvgIpc) is 3.46. The normalized spacial score (nSPS) is 12.1. The number of tetrazole rings is 1. The van der Waals surface area contributed by atoms with Crippen LogP contribution in [-0.4, -0.2) is 35.2 Å². The molecule has 0 aliphatic rings. The Bertz CT molecular complexity index is 1510. The Labute approximate surface area is 202 Å². The number of anilines is 1. The van der Waals surface area contributed by atoms with Gasteiger partial charge in [-0.15, -0.1) is 16.4 Å². The smallest absolute Gasteiger partial charge is 0.253 e. The molecule has 0 bridgehead atoms. The van der Waals surface area contributed by atoms with Crippen molar-refractivity contribution in [2.45, 2.75) is 26.5 Å². The molecule has 0 saturated heterocycles. The van der Waals surface area contributed by atoms with Crippen molar-refractivity contribution in [1.29, 1.82) is 0 Å². The Morgan fingerprint density at radius 3 is 2.94 bits per heavy atom. The summed E-state index contributed by atoms with van der Waals surface area (Å²) in [6.07, 6.45) is 1.70. The summed E-state index contributed by atoms with van der Waals surface area (Å²) < 4.78 is 7.36. The van der Waals surface area contributed by atoms with Gasteiger partial charge in [0.1, 0.15) is 12.4 Å². The van der Waals surface area contributed by atoms with Gasteiger partial charge >= 0.3 is 0 Å². The third-order valence-electron chi connectivity index (χ3n) is 5.17. The summed E-state index contributed by atoms with van der Waals surface area (Å²) in [6, 6.07) is 10.6. The van der Waals surface area contributed by atoms with Crippen molar-refractivity contribution in [2.75, 3.05) is 5.32 Å². The minimum absolute atomic E-state index is 0.210. The van der Waals surface area contributed by atoms with E-state index in [0.717, 1.165) is 11.1 Å². The van der Waals surface area contributed by atoms with Crippen LogP contribution in [-0.2, 0) is 6.61 Å². The first-order valence-corrected chi connectivity index (χ1v) is 11.6. The first kappa shape index (κ1) is 22.0. The Morgan fingerprint density at radius 2 is 2.18 bits per heavy atom. The first-order chi connectivity index (χ1) is 16.5. The number of rotatable bonds is 7. The second-order valence-corrected chi connectivity index (χ2v) is 8.81. The van der Waals surface area contributed by atoms with Gasteiger partial charge in [-0.1, -0.05) is 17.7 Å². The molecular weight excluding hydrogens is 476 g/mol. The fourth-order valence-corrected chi connectivity index (χ4v) is 4.41. The van der Waals surface area contributed by atoms with Crippen LogP contribution in [0.25, 0.3) is 16.7 Å². The van der Waals surface area contributed by atoms with Crippen LogP contribution in [0.1, 0.15) is 30.0 Å². The highest BCUT2D eigenvalue weighted by atomic mass is 35.5. The molecule has 0 saturated carbocycles. The fraction of sp³-hybridized carbons (Fsp3) is 0.182. The van der Waals surface area contributed by atoms with Gasteiger partial charge < -0.3 is 15.0 Å². The minimum atomic E-state index is -0.305. The number of H-pyrrole nitrogens is 1. The molecule has 34 heavy (non-hydrogen) atoms. The lowest BCUT2D eigenvalue weighted by Gasteiger charge is -2.14. The number of aromatic nitrogens is 7. The Hall–Kier alpha value is -3.83. The molecule has 0 aliphatic heterocycles. The van der Waals surface area contributed by atoms with Crippen molar-refractivity contribution in [3.63, 3.8) is 0 Å². The highest BCUT2D eigenvalue weighted by Crippen LogP contribution is 2.31. The molecule has 2 N–H and O–H groups in total. The van der Waals surface area contributed by atoms with Gasteiger partial charge in [-0.25, -0.2) is 4.98 Å². The van der Waals surface area contributed by atoms with E-state index in [1.165, 1.54) is 11.3 Å². The molecule has 0 unspecified atom stereocenters. The maximum Gasteiger partial charge on any atom is 0.253 e. The zero-order valence-corrected chi connectivity index (χ0v) is 19.8. The molecule has 5 rings (SSSR count). The van der Waals surface area contributed by atoms with E-state index >= 15 is 0 Å². The van der Waals surface area contributed by atoms with Gasteiger partial charge in [0.2, 0.25) is 0 Å². The predicted molar refractivity (Wildman–Crippen MR) is 130 cm³/mol. The molecule has 0 aliphatic carbocycles. The molecule has 12 heteroatoms. The quantitative estimate of drug-likeness (QED) is 0.347. The van der Waals surface area contributed by atoms with Gasteiger partial charge in [0, 0.05) is 28.6 Å². The van der Waals surface area contributed by atoms with Crippen LogP contribution in [0.15, 0.2) is 52.8 Å². The Morgan fingerprint density at radius 1 is 1.29 bits per heavy atom. The van der Waals surface area contributed by atoms with Gasteiger partial charge in [0.25, 0.3) is 5.56 Å². The monoisotopic (exact) mass is 494 g/mol. The molecule has 5 aromatic rings. The highest BCUT2D eigenvalue weighted by Gasteiger charge is 2.16. The summed E-state index contributed by atoms with van der Waals surface area (Å²) >= 11 is 7.86. The SMILES string of the molecule is Cc1nnnn1-c1csc(N[C@@H](C)c2cc3cc(Cl)c(OCc4ccccn4)cc3[nH]c2=O)n1. The first-order valence-electron chi connectivity index (χ1n) is 10.3. The maximum absolute atomic E-state index is 12.9. The molecule has 0 spiro atoms. The van der Waals surface area contributed by atoms with Gasteiger partial charge in [-0.05, 0) is 48.5 Å². The predicted octanol–water partition coefficient (Wildman–Crippen LogP) is 4.07. The van der Waals surface area contributed by atoms with Crippen molar-refractivity contribution < 1.29 is 4.74 Å². The van der Waals surface area contributed by atoms with Crippen LogP contribution in [0.3, 0.4) is 0 Å². The van der Waals surface area contributed by atoms with Crippen LogP contribution in [0, 0.1) is 6.92 Å². The largest absolute Gasteiger partial charge is 0.486 e. The van der Waals surface area contributed by atoms with Crippen molar-refractivity contribution >= 4 is 39.0 Å². The number of aryl methyl sites for hydroxylation is 1. The summed E-state index contributed by atoms with van der Waals surface area (Å²) in [5, 5.41) is 18.4. The Balaban J connectivity index is 1.36. The van der Waals surface area contributed by atoms with E-state index in [1.807, 2.05) is 36.6 Å². The van der Waals surface area contributed by atoms with Gasteiger partial charge in [-0.3, -0.25) is 9.78 Å². The topological polar surface area (TPSA) is 123 Å². The molecule has 0 fully saturated rings. The van der Waals surface area contributed by atoms with E-state index < -0.39 is 0 Å². The summed E-state index contributed by atoms with van der Waals surface area (Å²) in [5.41, 5.74) is 1.76. The second-order valence-electron chi connectivity index (χ2n) is 7.55. The van der Waals surface area contributed by atoms with E-state index in [1.54, 1.807) is 29.9 Å². The number of nitrogens with one attached hydrogen (secondary N) is 2. The molecule has 172 valence electrons. The molecule has 4 aromatic heterocycles. The zero-order valence-electron chi connectivity index (χ0n) is 18.2. The van der Waals surface area contributed by atoms with E-state index in [0.29, 0.717) is 38.6 Å². The average molecular weight is 495 g/mol. The third-order valence-corrected chi connectivity index (χ3v) is 6.22. The number of nitrogens with zero attached hydrogens (tertiary/aromatic N) is 6. The number of benzene rings is 1. The highest BCUT2D eigenvalue weighted by molar-refractivity contribution is 7.13. The third kappa shape index (κ3) is 4.47. The van der Waals surface area contributed by atoms with Crippen LogP contribution in [0.2, 0.25) is 5.02 Å². The number of thiazole rings is 1. The summed E-state index contributed by atoms with van der Waals surface area (Å²) in [6.45, 7) is 3.96. The van der Waals surface area contributed by atoms with Crippen molar-refractivity contribution in [2.24, 2.45) is 0 Å². The summed E-state index contributed by atoms with van der Waals surface area (Å²) in [7, 11) is 0. The zero-order chi connectivity index (χ0) is 23.7.